The van der Waals surface area contributed by atoms with E-state index in [0.717, 1.165) is 0 Å². The normalized spacial score (nSPS) is 12.4. The Hall–Kier alpha value is -1.62. The van der Waals surface area contributed by atoms with E-state index in [9.17, 15) is 9.90 Å². The number of aromatic hydroxyl groups is 1. The minimum atomic E-state index is -1.09. The molecule has 1 heterocycles. The van der Waals surface area contributed by atoms with Gasteiger partial charge in [0.25, 0.3) is 0 Å². The summed E-state index contributed by atoms with van der Waals surface area (Å²) in [6.07, 6.45) is 2.83. The first-order valence-electron chi connectivity index (χ1n) is 3.71. The lowest BCUT2D eigenvalue weighted by Gasteiger charge is -2.06. The van der Waals surface area contributed by atoms with Crippen LogP contribution >= 0.6 is 0 Å². The van der Waals surface area contributed by atoms with Crippen molar-refractivity contribution < 1.29 is 15.0 Å². The monoisotopic (exact) mass is 182 g/mol. The summed E-state index contributed by atoms with van der Waals surface area (Å²) in [6, 6.07) is 0.547. The largest absolute Gasteiger partial charge is 0.506 e. The molecule has 0 fully saturated rings. The lowest BCUT2D eigenvalue weighted by atomic mass is 10.1. The molecular formula is C8H10N2O3. The average molecular weight is 182 g/mol. The van der Waals surface area contributed by atoms with Gasteiger partial charge in [-0.2, -0.15) is 0 Å². The van der Waals surface area contributed by atoms with Gasteiger partial charge >= 0.3 is 5.97 Å². The van der Waals surface area contributed by atoms with Gasteiger partial charge in [-0.25, -0.2) is 0 Å². The second kappa shape index (κ2) is 3.86. The zero-order valence-electron chi connectivity index (χ0n) is 6.84. The van der Waals surface area contributed by atoms with Crippen molar-refractivity contribution in [3.63, 3.8) is 0 Å². The van der Waals surface area contributed by atoms with Crippen LogP contribution in [-0.4, -0.2) is 27.2 Å². The van der Waals surface area contributed by atoms with E-state index < -0.39 is 12.0 Å². The maximum absolute atomic E-state index is 10.4. The number of aromatic nitrogens is 1. The van der Waals surface area contributed by atoms with E-state index in [0.29, 0.717) is 5.56 Å². The molecule has 0 aliphatic rings. The molecule has 70 valence electrons. The van der Waals surface area contributed by atoms with Gasteiger partial charge in [0.1, 0.15) is 11.8 Å². The van der Waals surface area contributed by atoms with E-state index >= 15 is 0 Å². The molecule has 0 aliphatic carbocycles. The third-order valence-corrected chi connectivity index (χ3v) is 1.64. The minimum Gasteiger partial charge on any atom is -0.506 e. The van der Waals surface area contributed by atoms with Gasteiger partial charge in [-0.15, -0.1) is 0 Å². The zero-order chi connectivity index (χ0) is 9.84. The number of hydrogen-bond acceptors (Lipinski definition) is 4. The number of carbonyl (C=O) groups is 1. The highest BCUT2D eigenvalue weighted by Gasteiger charge is 2.13. The van der Waals surface area contributed by atoms with Crippen LogP contribution in [0.25, 0.3) is 0 Å². The van der Waals surface area contributed by atoms with Crippen LogP contribution in [0.4, 0.5) is 0 Å². The first-order chi connectivity index (χ1) is 6.11. The molecule has 1 rings (SSSR count). The van der Waals surface area contributed by atoms with Crippen molar-refractivity contribution in [3.05, 3.63) is 24.0 Å². The van der Waals surface area contributed by atoms with Crippen LogP contribution < -0.4 is 5.73 Å². The van der Waals surface area contributed by atoms with Crippen molar-refractivity contribution in [1.29, 1.82) is 0 Å². The number of rotatable bonds is 3. The van der Waals surface area contributed by atoms with Crippen LogP contribution in [0.3, 0.4) is 0 Å². The predicted octanol–water partition coefficient (Wildman–Crippen LogP) is -0.258. The van der Waals surface area contributed by atoms with Crippen molar-refractivity contribution in [1.82, 2.24) is 4.98 Å². The summed E-state index contributed by atoms with van der Waals surface area (Å²) in [5.41, 5.74) is 5.78. The van der Waals surface area contributed by atoms with E-state index in [-0.39, 0.29) is 12.2 Å². The molecule has 0 spiro atoms. The van der Waals surface area contributed by atoms with Gasteiger partial charge in [0.15, 0.2) is 0 Å². The van der Waals surface area contributed by atoms with Gasteiger partial charge in [-0.3, -0.25) is 9.78 Å². The van der Waals surface area contributed by atoms with Crippen LogP contribution in [0, 0.1) is 0 Å². The molecular weight excluding hydrogens is 172 g/mol. The summed E-state index contributed by atoms with van der Waals surface area (Å²) < 4.78 is 0. The fourth-order valence-electron chi connectivity index (χ4n) is 0.912. The molecule has 0 saturated carbocycles. The van der Waals surface area contributed by atoms with Gasteiger partial charge in [0.05, 0.1) is 6.20 Å². The molecule has 1 aromatic heterocycles. The summed E-state index contributed by atoms with van der Waals surface area (Å²) in [5.74, 6) is -1.12. The Morgan fingerprint density at radius 2 is 2.38 bits per heavy atom. The molecule has 0 aliphatic heterocycles. The fraction of sp³-hybridized carbons (Fsp3) is 0.250. The molecule has 5 heteroatoms. The molecule has 1 atom stereocenters. The van der Waals surface area contributed by atoms with E-state index in [4.69, 9.17) is 10.8 Å². The summed E-state index contributed by atoms with van der Waals surface area (Å²) in [7, 11) is 0. The summed E-state index contributed by atoms with van der Waals surface area (Å²) >= 11 is 0. The van der Waals surface area contributed by atoms with Gasteiger partial charge in [-0.05, 0) is 11.6 Å². The van der Waals surface area contributed by atoms with Gasteiger partial charge in [0.2, 0.25) is 0 Å². The van der Waals surface area contributed by atoms with Gasteiger partial charge < -0.3 is 15.9 Å². The van der Waals surface area contributed by atoms with E-state index in [2.05, 4.69) is 4.98 Å². The summed E-state index contributed by atoms with van der Waals surface area (Å²) in [6.45, 7) is 0. The van der Waals surface area contributed by atoms with Crippen LogP contribution in [0.15, 0.2) is 18.5 Å². The smallest absolute Gasteiger partial charge is 0.320 e. The molecule has 4 N–H and O–H groups in total. The van der Waals surface area contributed by atoms with Crippen LogP contribution in [0.2, 0.25) is 0 Å². The SMILES string of the molecule is N[C@H](Cc1ccncc1O)C(=O)O. The third kappa shape index (κ3) is 2.41. The van der Waals surface area contributed by atoms with E-state index in [1.54, 1.807) is 0 Å². The minimum absolute atomic E-state index is 0.0285. The Morgan fingerprint density at radius 3 is 2.92 bits per heavy atom. The standard InChI is InChI=1S/C8H10N2O3/c9-6(8(12)13)3-5-1-2-10-4-7(5)11/h1-2,4,6,11H,3,9H2,(H,12,13)/t6-/m1/s1. The molecule has 5 nitrogen and oxygen atoms in total. The van der Waals surface area contributed by atoms with Crippen molar-refractivity contribution in [2.45, 2.75) is 12.5 Å². The Morgan fingerprint density at radius 1 is 1.69 bits per heavy atom. The molecule has 0 unspecified atom stereocenters. The quantitative estimate of drug-likeness (QED) is 0.598. The molecule has 0 aromatic carbocycles. The first-order valence-corrected chi connectivity index (χ1v) is 3.71. The van der Waals surface area contributed by atoms with Gasteiger partial charge in [0, 0.05) is 12.6 Å². The topological polar surface area (TPSA) is 96.4 Å². The molecule has 0 amide bonds. The lowest BCUT2D eigenvalue weighted by Crippen LogP contribution is -2.32. The zero-order valence-corrected chi connectivity index (χ0v) is 6.84. The highest BCUT2D eigenvalue weighted by Crippen LogP contribution is 2.15. The molecule has 0 bridgehead atoms. The highest BCUT2D eigenvalue weighted by molar-refractivity contribution is 5.73. The average Bonchev–Trinajstić information content (AvgIpc) is 2.08. The summed E-state index contributed by atoms with van der Waals surface area (Å²) in [4.78, 5) is 14.1. The van der Waals surface area contributed by atoms with Crippen molar-refractivity contribution in [3.8, 4) is 5.75 Å². The maximum Gasteiger partial charge on any atom is 0.320 e. The highest BCUT2D eigenvalue weighted by atomic mass is 16.4. The number of pyridine rings is 1. The Kier molecular flexibility index (Phi) is 2.81. The Balaban J connectivity index is 2.74. The fourth-order valence-corrected chi connectivity index (χ4v) is 0.912. The molecule has 0 radical (unpaired) electrons. The molecule has 13 heavy (non-hydrogen) atoms. The van der Waals surface area contributed by atoms with Gasteiger partial charge in [-0.1, -0.05) is 0 Å². The second-order valence-electron chi connectivity index (χ2n) is 2.65. The number of carboxylic acid groups (broad SMARTS) is 1. The number of carboxylic acids is 1. The number of hydrogen-bond donors (Lipinski definition) is 3. The molecule has 1 aromatic rings. The van der Waals surface area contributed by atoms with Crippen molar-refractivity contribution >= 4 is 5.97 Å². The number of nitrogens with two attached hydrogens (primary N) is 1. The second-order valence-corrected chi connectivity index (χ2v) is 2.65. The lowest BCUT2D eigenvalue weighted by molar-refractivity contribution is -0.138. The predicted molar refractivity (Wildman–Crippen MR) is 45.2 cm³/mol. The van der Waals surface area contributed by atoms with Crippen molar-refractivity contribution in [2.75, 3.05) is 0 Å². The van der Waals surface area contributed by atoms with Crippen LogP contribution in [-0.2, 0) is 11.2 Å². The maximum atomic E-state index is 10.4. The Bertz CT molecular complexity index is 314. The molecule has 0 saturated heterocycles. The van der Waals surface area contributed by atoms with E-state index in [1.807, 2.05) is 0 Å². The third-order valence-electron chi connectivity index (χ3n) is 1.64. The van der Waals surface area contributed by atoms with Crippen LogP contribution in [0.1, 0.15) is 5.56 Å². The first kappa shape index (κ1) is 9.47. The summed E-state index contributed by atoms with van der Waals surface area (Å²) in [5, 5.41) is 17.7. The Labute approximate surface area is 74.8 Å². The van der Waals surface area contributed by atoms with Crippen LogP contribution in [0.5, 0.6) is 5.75 Å². The van der Waals surface area contributed by atoms with E-state index in [1.165, 1.54) is 18.5 Å². The van der Waals surface area contributed by atoms with Crippen molar-refractivity contribution in [2.24, 2.45) is 5.73 Å². The number of aliphatic carboxylic acids is 1. The number of nitrogens with zero attached hydrogens (tertiary/aromatic N) is 1.